The van der Waals surface area contributed by atoms with Crippen molar-refractivity contribution >= 4 is 22.3 Å². The molecule has 0 N–H and O–H groups in total. The van der Waals surface area contributed by atoms with Crippen LogP contribution in [-0.4, -0.2) is 51.6 Å². The Labute approximate surface area is 157 Å². The normalized spacial score (nSPS) is 20.3. The quantitative estimate of drug-likeness (QED) is 0.750. The highest BCUT2D eigenvalue weighted by Gasteiger charge is 2.24. The number of ether oxygens (including phenoxy) is 3. The van der Waals surface area contributed by atoms with Crippen LogP contribution in [0.1, 0.15) is 22.5 Å². The second kappa shape index (κ2) is 8.20. The van der Waals surface area contributed by atoms with Crippen LogP contribution >= 0.6 is 11.3 Å². The van der Waals surface area contributed by atoms with Gasteiger partial charge < -0.3 is 19.1 Å². The maximum absolute atomic E-state index is 12.6. The van der Waals surface area contributed by atoms with E-state index in [0.29, 0.717) is 24.7 Å². The number of carbonyl (C=O) groups is 1. The zero-order valence-electron chi connectivity index (χ0n) is 14.7. The van der Waals surface area contributed by atoms with E-state index in [9.17, 15) is 4.79 Å². The molecule has 4 rings (SSSR count). The molecule has 0 radical (unpaired) electrons. The molecule has 0 saturated carbocycles. The SMILES string of the molecule is O=C(OCC1CCCO1)c1cc(-c2ccccc2)c(N2CCOCC2)s1. The van der Waals surface area contributed by atoms with Gasteiger partial charge in [0.25, 0.3) is 0 Å². The Morgan fingerprint density at radius 3 is 2.73 bits per heavy atom. The van der Waals surface area contributed by atoms with Crippen molar-refractivity contribution in [2.45, 2.75) is 18.9 Å². The van der Waals surface area contributed by atoms with Crippen molar-refractivity contribution in [2.24, 2.45) is 0 Å². The Hall–Kier alpha value is -1.89. The van der Waals surface area contributed by atoms with Crippen molar-refractivity contribution in [3.63, 3.8) is 0 Å². The van der Waals surface area contributed by atoms with E-state index in [-0.39, 0.29) is 12.1 Å². The average Bonchev–Trinajstić information content (AvgIpc) is 3.37. The summed E-state index contributed by atoms with van der Waals surface area (Å²) in [6.07, 6.45) is 2.05. The van der Waals surface area contributed by atoms with Crippen LogP contribution in [0, 0.1) is 0 Å². The molecule has 1 aromatic carbocycles. The van der Waals surface area contributed by atoms with Gasteiger partial charge in [-0.3, -0.25) is 0 Å². The van der Waals surface area contributed by atoms with E-state index in [1.165, 1.54) is 11.3 Å². The van der Waals surface area contributed by atoms with Crippen molar-refractivity contribution < 1.29 is 19.0 Å². The van der Waals surface area contributed by atoms with Gasteiger partial charge in [-0.15, -0.1) is 11.3 Å². The number of rotatable bonds is 5. The van der Waals surface area contributed by atoms with Crippen LogP contribution in [0.4, 0.5) is 5.00 Å². The first kappa shape index (κ1) is 17.5. The molecule has 138 valence electrons. The zero-order chi connectivity index (χ0) is 17.8. The van der Waals surface area contributed by atoms with Gasteiger partial charge in [0.1, 0.15) is 11.5 Å². The molecule has 6 heteroatoms. The molecule has 1 aromatic heterocycles. The summed E-state index contributed by atoms with van der Waals surface area (Å²) in [5.41, 5.74) is 2.20. The molecule has 0 aliphatic carbocycles. The fraction of sp³-hybridized carbons (Fsp3) is 0.450. The monoisotopic (exact) mass is 373 g/mol. The lowest BCUT2D eigenvalue weighted by Gasteiger charge is -2.28. The summed E-state index contributed by atoms with van der Waals surface area (Å²) in [6.45, 7) is 4.20. The van der Waals surface area contributed by atoms with Gasteiger partial charge >= 0.3 is 5.97 Å². The lowest BCUT2D eigenvalue weighted by molar-refractivity contribution is 0.0165. The molecule has 2 aliphatic rings. The predicted molar refractivity (Wildman–Crippen MR) is 102 cm³/mol. The number of nitrogens with zero attached hydrogens (tertiary/aromatic N) is 1. The number of hydrogen-bond donors (Lipinski definition) is 0. The van der Waals surface area contributed by atoms with E-state index in [1.54, 1.807) is 0 Å². The second-order valence-electron chi connectivity index (χ2n) is 6.53. The maximum atomic E-state index is 12.6. The first-order chi connectivity index (χ1) is 12.8. The minimum absolute atomic E-state index is 0.0474. The highest BCUT2D eigenvalue weighted by Crippen LogP contribution is 2.39. The first-order valence-corrected chi connectivity index (χ1v) is 9.93. The molecule has 2 fully saturated rings. The minimum atomic E-state index is -0.262. The highest BCUT2D eigenvalue weighted by molar-refractivity contribution is 7.18. The van der Waals surface area contributed by atoms with Crippen molar-refractivity contribution in [1.82, 2.24) is 0 Å². The van der Waals surface area contributed by atoms with Crippen LogP contribution in [0.3, 0.4) is 0 Å². The molecule has 1 unspecified atom stereocenters. The van der Waals surface area contributed by atoms with Gasteiger partial charge in [0.2, 0.25) is 0 Å². The fourth-order valence-electron chi connectivity index (χ4n) is 3.32. The summed E-state index contributed by atoms with van der Waals surface area (Å²) >= 11 is 1.51. The summed E-state index contributed by atoms with van der Waals surface area (Å²) in [5, 5.41) is 1.11. The van der Waals surface area contributed by atoms with E-state index < -0.39 is 0 Å². The number of benzene rings is 1. The third kappa shape index (κ3) is 3.92. The lowest BCUT2D eigenvalue weighted by Crippen LogP contribution is -2.35. The highest BCUT2D eigenvalue weighted by atomic mass is 32.1. The van der Waals surface area contributed by atoms with E-state index >= 15 is 0 Å². The standard InChI is InChI=1S/C20H23NO4S/c22-20(25-14-16-7-4-10-24-16)18-13-17(15-5-2-1-3-6-15)19(26-18)21-8-11-23-12-9-21/h1-3,5-6,13,16H,4,7-12,14H2. The molecule has 2 saturated heterocycles. The number of hydrogen-bond acceptors (Lipinski definition) is 6. The largest absolute Gasteiger partial charge is 0.459 e. The molecule has 2 aliphatic heterocycles. The van der Waals surface area contributed by atoms with Crippen LogP contribution in [0.2, 0.25) is 0 Å². The molecule has 0 spiro atoms. The summed E-state index contributed by atoms with van der Waals surface area (Å²) in [6, 6.07) is 12.2. The molecule has 26 heavy (non-hydrogen) atoms. The molecule has 3 heterocycles. The van der Waals surface area contributed by atoms with Crippen molar-refractivity contribution in [1.29, 1.82) is 0 Å². The van der Waals surface area contributed by atoms with Gasteiger partial charge in [-0.1, -0.05) is 30.3 Å². The van der Waals surface area contributed by atoms with Gasteiger partial charge in [-0.2, -0.15) is 0 Å². The van der Waals surface area contributed by atoms with Gasteiger partial charge in [0, 0.05) is 25.3 Å². The van der Waals surface area contributed by atoms with Gasteiger partial charge in [0.05, 0.1) is 24.3 Å². The molecule has 1 atom stereocenters. The maximum Gasteiger partial charge on any atom is 0.348 e. The third-order valence-electron chi connectivity index (χ3n) is 4.72. The van der Waals surface area contributed by atoms with Gasteiger partial charge in [-0.25, -0.2) is 4.79 Å². The smallest absolute Gasteiger partial charge is 0.348 e. The number of thiophene rings is 1. The molecular formula is C20H23NO4S. The van der Waals surface area contributed by atoms with E-state index in [4.69, 9.17) is 14.2 Å². The number of carbonyl (C=O) groups excluding carboxylic acids is 1. The third-order valence-corrected chi connectivity index (χ3v) is 5.90. The summed E-state index contributed by atoms with van der Waals surface area (Å²) in [7, 11) is 0. The van der Waals surface area contributed by atoms with Crippen LogP contribution in [0.5, 0.6) is 0 Å². The average molecular weight is 373 g/mol. The number of morpholine rings is 1. The Morgan fingerprint density at radius 1 is 1.19 bits per heavy atom. The molecule has 0 amide bonds. The van der Waals surface area contributed by atoms with Crippen molar-refractivity contribution in [2.75, 3.05) is 44.4 Å². The van der Waals surface area contributed by atoms with E-state index in [1.807, 2.05) is 24.3 Å². The molecule has 0 bridgehead atoms. The van der Waals surface area contributed by atoms with Crippen LogP contribution in [0.15, 0.2) is 36.4 Å². The molecular weight excluding hydrogens is 350 g/mol. The fourth-order valence-corrected chi connectivity index (χ4v) is 4.45. The lowest BCUT2D eigenvalue weighted by atomic mass is 10.1. The van der Waals surface area contributed by atoms with Crippen LogP contribution < -0.4 is 4.90 Å². The summed E-state index contributed by atoms with van der Waals surface area (Å²) in [5.74, 6) is -0.262. The zero-order valence-corrected chi connectivity index (χ0v) is 15.5. The summed E-state index contributed by atoms with van der Waals surface area (Å²) in [4.78, 5) is 15.5. The Bertz CT molecular complexity index is 734. The van der Waals surface area contributed by atoms with Crippen molar-refractivity contribution in [3.05, 3.63) is 41.3 Å². The Kier molecular flexibility index (Phi) is 5.53. The van der Waals surface area contributed by atoms with Gasteiger partial charge in [-0.05, 0) is 24.5 Å². The van der Waals surface area contributed by atoms with E-state index in [0.717, 1.165) is 48.7 Å². The molecule has 2 aromatic rings. The predicted octanol–water partition coefficient (Wildman–Crippen LogP) is 3.59. The minimum Gasteiger partial charge on any atom is -0.459 e. The van der Waals surface area contributed by atoms with Crippen molar-refractivity contribution in [3.8, 4) is 11.1 Å². The van der Waals surface area contributed by atoms with Gasteiger partial charge in [0.15, 0.2) is 0 Å². The van der Waals surface area contributed by atoms with Crippen LogP contribution in [0.25, 0.3) is 11.1 Å². The van der Waals surface area contributed by atoms with E-state index in [2.05, 4.69) is 17.0 Å². The number of esters is 1. The molecule has 5 nitrogen and oxygen atoms in total. The first-order valence-electron chi connectivity index (χ1n) is 9.12. The Morgan fingerprint density at radius 2 is 2.00 bits per heavy atom. The second-order valence-corrected chi connectivity index (χ2v) is 7.56. The number of anilines is 1. The summed E-state index contributed by atoms with van der Waals surface area (Å²) < 4.78 is 16.5. The topological polar surface area (TPSA) is 48.0 Å². The van der Waals surface area contributed by atoms with Crippen LogP contribution in [-0.2, 0) is 14.2 Å². The Balaban J connectivity index is 1.56.